The van der Waals surface area contributed by atoms with E-state index in [1.165, 1.54) is 0 Å². The van der Waals surface area contributed by atoms with Gasteiger partial charge in [0.15, 0.2) is 0 Å². The number of halogens is 1. The Balaban J connectivity index is 2.03. The Morgan fingerprint density at radius 1 is 1.39 bits per heavy atom. The Morgan fingerprint density at radius 3 is 2.87 bits per heavy atom. The number of carbonyl (C=O) groups excluding carboxylic acids is 2. The van der Waals surface area contributed by atoms with Gasteiger partial charge in [-0.25, -0.2) is 0 Å². The molecule has 1 aromatic rings. The molecule has 2 amide bonds. The summed E-state index contributed by atoms with van der Waals surface area (Å²) in [6.07, 6.45) is 2.91. The Kier molecular flexibility index (Phi) is 6.28. The second kappa shape index (κ2) is 8.20. The molecule has 2 rings (SSSR count). The van der Waals surface area contributed by atoms with E-state index >= 15 is 0 Å². The van der Waals surface area contributed by atoms with Crippen LogP contribution < -0.4 is 10.6 Å². The zero-order chi connectivity index (χ0) is 16.8. The highest BCUT2D eigenvalue weighted by Crippen LogP contribution is 2.21. The number of hydrogen-bond acceptors (Lipinski definition) is 3. The lowest BCUT2D eigenvalue weighted by Gasteiger charge is -2.20. The van der Waals surface area contributed by atoms with E-state index in [1.54, 1.807) is 25.2 Å². The van der Waals surface area contributed by atoms with Crippen molar-refractivity contribution in [2.24, 2.45) is 0 Å². The van der Waals surface area contributed by atoms with Gasteiger partial charge in [0.1, 0.15) is 0 Å². The first-order valence-corrected chi connectivity index (χ1v) is 8.49. The smallest absolute Gasteiger partial charge is 0.253 e. The number of amides is 2. The number of carbonyl (C=O) groups is 2. The minimum absolute atomic E-state index is 0.0111. The van der Waals surface area contributed by atoms with Crippen molar-refractivity contribution >= 4 is 29.1 Å². The highest BCUT2D eigenvalue weighted by Gasteiger charge is 2.24. The molecular weight excluding hydrogens is 314 g/mol. The lowest BCUT2D eigenvalue weighted by Crippen LogP contribution is -2.36. The second-order valence-electron chi connectivity index (χ2n) is 5.82. The van der Waals surface area contributed by atoms with Crippen LogP contribution in [0.4, 0.5) is 5.69 Å². The maximum absolute atomic E-state index is 12.5. The molecule has 1 aliphatic heterocycles. The van der Waals surface area contributed by atoms with Gasteiger partial charge in [0, 0.05) is 43.3 Å². The molecule has 2 N–H and O–H groups in total. The van der Waals surface area contributed by atoms with Crippen LogP contribution in [-0.2, 0) is 4.79 Å². The molecule has 1 saturated heterocycles. The zero-order valence-electron chi connectivity index (χ0n) is 13.7. The molecule has 0 aromatic heterocycles. The van der Waals surface area contributed by atoms with E-state index in [4.69, 9.17) is 11.6 Å². The summed E-state index contributed by atoms with van der Waals surface area (Å²) in [5.74, 6) is 0.0282. The summed E-state index contributed by atoms with van der Waals surface area (Å²) in [5.41, 5.74) is 1.27. The molecule has 5 nitrogen and oxygen atoms in total. The van der Waals surface area contributed by atoms with Gasteiger partial charge in [0.25, 0.3) is 5.91 Å². The Hall–Kier alpha value is -1.75. The van der Waals surface area contributed by atoms with Gasteiger partial charge >= 0.3 is 0 Å². The van der Waals surface area contributed by atoms with Crippen LogP contribution in [0.2, 0.25) is 5.02 Å². The van der Waals surface area contributed by atoms with Gasteiger partial charge in [0.2, 0.25) is 5.91 Å². The van der Waals surface area contributed by atoms with Crippen molar-refractivity contribution in [1.82, 2.24) is 10.2 Å². The average molecular weight is 338 g/mol. The minimum atomic E-state index is -0.154. The molecule has 0 saturated carbocycles. The Labute approximate surface area is 142 Å². The number of anilines is 1. The summed E-state index contributed by atoms with van der Waals surface area (Å²) in [6.45, 7) is 3.56. The van der Waals surface area contributed by atoms with Gasteiger partial charge in [-0.15, -0.1) is 0 Å². The standard InChI is InChI=1S/C17H24ClN3O2/c1-3-9-21-10-8-13(5-7-16(21)22)20-17(23)14-11-12(18)4-6-15(14)19-2/h4,6,11,13,19H,3,5,7-10H2,1-2H3,(H,20,23). The fraction of sp³-hybridized carbons (Fsp3) is 0.529. The quantitative estimate of drug-likeness (QED) is 0.868. The SMILES string of the molecule is CCCN1CCC(NC(=O)c2cc(Cl)ccc2NC)CCC1=O. The average Bonchev–Trinajstić information content (AvgIpc) is 2.71. The molecule has 23 heavy (non-hydrogen) atoms. The molecule has 0 aliphatic carbocycles. The first kappa shape index (κ1) is 17.6. The van der Waals surface area contributed by atoms with E-state index in [0.29, 0.717) is 30.0 Å². The predicted molar refractivity (Wildman–Crippen MR) is 93.0 cm³/mol. The zero-order valence-corrected chi connectivity index (χ0v) is 14.4. The van der Waals surface area contributed by atoms with Crippen LogP contribution >= 0.6 is 11.6 Å². The molecule has 1 atom stereocenters. The summed E-state index contributed by atoms with van der Waals surface area (Å²) < 4.78 is 0. The fourth-order valence-corrected chi connectivity index (χ4v) is 3.04. The third-order valence-electron chi connectivity index (χ3n) is 4.13. The van der Waals surface area contributed by atoms with Crippen molar-refractivity contribution in [2.45, 2.75) is 38.6 Å². The summed E-state index contributed by atoms with van der Waals surface area (Å²) in [7, 11) is 1.77. The van der Waals surface area contributed by atoms with Crippen LogP contribution in [0.1, 0.15) is 43.0 Å². The molecule has 1 fully saturated rings. The maximum atomic E-state index is 12.5. The lowest BCUT2D eigenvalue weighted by atomic mass is 10.1. The Bertz CT molecular complexity index is 577. The molecule has 0 bridgehead atoms. The summed E-state index contributed by atoms with van der Waals surface area (Å²) in [4.78, 5) is 26.5. The van der Waals surface area contributed by atoms with Crippen LogP contribution in [0.3, 0.4) is 0 Å². The van der Waals surface area contributed by atoms with Crippen LogP contribution in [0.5, 0.6) is 0 Å². The van der Waals surface area contributed by atoms with Crippen molar-refractivity contribution in [1.29, 1.82) is 0 Å². The number of nitrogens with one attached hydrogen (secondary N) is 2. The third-order valence-corrected chi connectivity index (χ3v) is 4.37. The van der Waals surface area contributed by atoms with Crippen LogP contribution in [0.15, 0.2) is 18.2 Å². The van der Waals surface area contributed by atoms with Crippen molar-refractivity contribution < 1.29 is 9.59 Å². The molecule has 0 radical (unpaired) electrons. The first-order chi connectivity index (χ1) is 11.0. The normalized spacial score (nSPS) is 18.5. The van der Waals surface area contributed by atoms with Gasteiger partial charge in [-0.2, -0.15) is 0 Å². The van der Waals surface area contributed by atoms with Crippen molar-refractivity contribution in [3.05, 3.63) is 28.8 Å². The van der Waals surface area contributed by atoms with Gasteiger partial charge in [0.05, 0.1) is 5.56 Å². The largest absolute Gasteiger partial charge is 0.387 e. The lowest BCUT2D eigenvalue weighted by molar-refractivity contribution is -0.130. The van der Waals surface area contributed by atoms with Crippen LogP contribution in [-0.4, -0.2) is 42.9 Å². The van der Waals surface area contributed by atoms with Gasteiger partial charge < -0.3 is 15.5 Å². The Morgan fingerprint density at radius 2 is 2.17 bits per heavy atom. The number of likely N-dealkylation sites (tertiary alicyclic amines) is 1. The van der Waals surface area contributed by atoms with Gasteiger partial charge in [-0.05, 0) is 37.5 Å². The predicted octanol–water partition coefficient (Wildman–Crippen LogP) is 2.90. The molecule has 126 valence electrons. The van der Waals surface area contributed by atoms with E-state index in [0.717, 1.165) is 25.1 Å². The highest BCUT2D eigenvalue weighted by molar-refractivity contribution is 6.31. The molecule has 1 unspecified atom stereocenters. The van der Waals surface area contributed by atoms with E-state index in [9.17, 15) is 9.59 Å². The number of nitrogens with zero attached hydrogens (tertiary/aromatic N) is 1. The van der Waals surface area contributed by atoms with Crippen molar-refractivity contribution in [3.8, 4) is 0 Å². The van der Waals surface area contributed by atoms with E-state index < -0.39 is 0 Å². The van der Waals surface area contributed by atoms with Crippen molar-refractivity contribution in [2.75, 3.05) is 25.5 Å². The van der Waals surface area contributed by atoms with E-state index in [2.05, 4.69) is 17.6 Å². The molecule has 1 aromatic carbocycles. The van der Waals surface area contributed by atoms with Gasteiger partial charge in [-0.1, -0.05) is 18.5 Å². The second-order valence-corrected chi connectivity index (χ2v) is 6.25. The number of hydrogen-bond donors (Lipinski definition) is 2. The first-order valence-electron chi connectivity index (χ1n) is 8.11. The monoisotopic (exact) mass is 337 g/mol. The summed E-state index contributed by atoms with van der Waals surface area (Å²) in [5, 5.41) is 6.57. The molecule has 1 heterocycles. The molecule has 0 spiro atoms. The van der Waals surface area contributed by atoms with E-state index in [1.807, 2.05) is 4.90 Å². The summed E-state index contributed by atoms with van der Waals surface area (Å²) >= 11 is 6.00. The fourth-order valence-electron chi connectivity index (χ4n) is 2.87. The van der Waals surface area contributed by atoms with E-state index in [-0.39, 0.29) is 17.9 Å². The molecule has 1 aliphatic rings. The topological polar surface area (TPSA) is 61.4 Å². The van der Waals surface area contributed by atoms with Crippen LogP contribution in [0, 0.1) is 0 Å². The number of benzene rings is 1. The van der Waals surface area contributed by atoms with Crippen molar-refractivity contribution in [3.63, 3.8) is 0 Å². The third kappa shape index (κ3) is 4.61. The highest BCUT2D eigenvalue weighted by atomic mass is 35.5. The molecular formula is C17H24ClN3O2. The maximum Gasteiger partial charge on any atom is 0.253 e. The summed E-state index contributed by atoms with van der Waals surface area (Å²) in [6, 6.07) is 5.21. The van der Waals surface area contributed by atoms with Gasteiger partial charge in [-0.3, -0.25) is 9.59 Å². The minimum Gasteiger partial charge on any atom is -0.387 e. The number of rotatable bonds is 5. The van der Waals surface area contributed by atoms with Crippen LogP contribution in [0.25, 0.3) is 0 Å². The molecule has 6 heteroatoms.